The minimum atomic E-state index is 0.131. The topological polar surface area (TPSA) is 29.9 Å². The van der Waals surface area contributed by atoms with Gasteiger partial charge < -0.3 is 5.32 Å². The zero-order chi connectivity index (χ0) is 13.2. The van der Waals surface area contributed by atoms with E-state index in [1.165, 1.54) is 43.5 Å². The summed E-state index contributed by atoms with van der Waals surface area (Å²) in [6, 6.07) is 0. The standard InChI is InChI=1S/C15H27N3/c1-15(2,3)14-13(11-18(4)17-14)10-16-9-12-7-5-6-8-12/h11-12,16H,5-10H2,1-4H3. The number of rotatable bonds is 4. The van der Waals surface area contributed by atoms with E-state index in [0.29, 0.717) is 0 Å². The summed E-state index contributed by atoms with van der Waals surface area (Å²) in [6.07, 6.45) is 7.82. The number of nitrogens with one attached hydrogen (secondary N) is 1. The molecule has 1 aromatic rings. The molecule has 0 atom stereocenters. The highest BCUT2D eigenvalue weighted by molar-refractivity contribution is 5.23. The highest BCUT2D eigenvalue weighted by Crippen LogP contribution is 2.25. The van der Waals surface area contributed by atoms with Gasteiger partial charge in [0, 0.05) is 30.8 Å². The van der Waals surface area contributed by atoms with Crippen LogP contribution in [0.2, 0.25) is 0 Å². The van der Waals surface area contributed by atoms with Gasteiger partial charge in [0.1, 0.15) is 0 Å². The van der Waals surface area contributed by atoms with E-state index in [0.717, 1.165) is 12.5 Å². The van der Waals surface area contributed by atoms with Gasteiger partial charge >= 0.3 is 0 Å². The third-order valence-corrected chi connectivity index (χ3v) is 3.84. The van der Waals surface area contributed by atoms with Crippen LogP contribution >= 0.6 is 0 Å². The maximum absolute atomic E-state index is 4.61. The molecule has 1 heterocycles. The predicted octanol–water partition coefficient (Wildman–Crippen LogP) is 3.00. The Morgan fingerprint density at radius 1 is 1.33 bits per heavy atom. The fraction of sp³-hybridized carbons (Fsp3) is 0.800. The van der Waals surface area contributed by atoms with Crippen molar-refractivity contribution in [2.24, 2.45) is 13.0 Å². The number of aryl methyl sites for hydroxylation is 1. The molecule has 0 aromatic carbocycles. The summed E-state index contributed by atoms with van der Waals surface area (Å²) >= 11 is 0. The highest BCUT2D eigenvalue weighted by Gasteiger charge is 2.22. The van der Waals surface area contributed by atoms with Gasteiger partial charge in [0.05, 0.1) is 5.69 Å². The van der Waals surface area contributed by atoms with Crippen molar-refractivity contribution < 1.29 is 0 Å². The lowest BCUT2D eigenvalue weighted by atomic mass is 9.89. The third kappa shape index (κ3) is 3.35. The predicted molar refractivity (Wildman–Crippen MR) is 75.6 cm³/mol. The van der Waals surface area contributed by atoms with Crippen LogP contribution in [0.5, 0.6) is 0 Å². The summed E-state index contributed by atoms with van der Waals surface area (Å²) < 4.78 is 1.94. The number of aromatic nitrogens is 2. The number of hydrogen-bond acceptors (Lipinski definition) is 2. The first kappa shape index (κ1) is 13.6. The van der Waals surface area contributed by atoms with E-state index in [1.54, 1.807) is 0 Å². The Bertz CT molecular complexity index is 381. The average Bonchev–Trinajstić information content (AvgIpc) is 2.87. The van der Waals surface area contributed by atoms with E-state index in [1.807, 2.05) is 11.7 Å². The minimum Gasteiger partial charge on any atom is -0.312 e. The van der Waals surface area contributed by atoms with Crippen molar-refractivity contribution in [1.29, 1.82) is 0 Å². The third-order valence-electron chi connectivity index (χ3n) is 3.84. The molecule has 2 rings (SSSR count). The molecule has 1 aliphatic rings. The molecule has 1 saturated carbocycles. The van der Waals surface area contributed by atoms with Crippen LogP contribution in [0.4, 0.5) is 0 Å². The van der Waals surface area contributed by atoms with E-state index in [-0.39, 0.29) is 5.41 Å². The molecule has 3 heteroatoms. The molecule has 1 aliphatic carbocycles. The lowest BCUT2D eigenvalue weighted by Gasteiger charge is -2.18. The summed E-state index contributed by atoms with van der Waals surface area (Å²) in [5, 5.41) is 8.23. The largest absolute Gasteiger partial charge is 0.312 e. The van der Waals surface area contributed by atoms with E-state index >= 15 is 0 Å². The van der Waals surface area contributed by atoms with Crippen molar-refractivity contribution in [2.75, 3.05) is 6.54 Å². The van der Waals surface area contributed by atoms with E-state index < -0.39 is 0 Å². The Kier molecular flexibility index (Phi) is 4.10. The van der Waals surface area contributed by atoms with Crippen LogP contribution in [-0.2, 0) is 19.0 Å². The molecule has 0 spiro atoms. The average molecular weight is 249 g/mol. The van der Waals surface area contributed by atoms with Crippen molar-refractivity contribution in [2.45, 2.75) is 58.4 Å². The van der Waals surface area contributed by atoms with Crippen molar-refractivity contribution in [3.05, 3.63) is 17.5 Å². The first-order valence-corrected chi connectivity index (χ1v) is 7.20. The number of nitrogens with zero attached hydrogens (tertiary/aromatic N) is 2. The maximum atomic E-state index is 4.61. The van der Waals surface area contributed by atoms with Crippen LogP contribution in [0.15, 0.2) is 6.20 Å². The molecule has 0 unspecified atom stereocenters. The summed E-state index contributed by atoms with van der Waals surface area (Å²) in [5.74, 6) is 0.903. The van der Waals surface area contributed by atoms with Crippen LogP contribution in [0.1, 0.15) is 57.7 Å². The first-order valence-electron chi connectivity index (χ1n) is 7.20. The molecular formula is C15H27N3. The second-order valence-corrected chi connectivity index (χ2v) is 6.71. The molecule has 0 radical (unpaired) electrons. The van der Waals surface area contributed by atoms with Crippen molar-refractivity contribution in [3.8, 4) is 0 Å². The van der Waals surface area contributed by atoms with Crippen LogP contribution in [-0.4, -0.2) is 16.3 Å². The summed E-state index contributed by atoms with van der Waals surface area (Å²) in [7, 11) is 2.01. The van der Waals surface area contributed by atoms with Gasteiger partial charge in [-0.25, -0.2) is 0 Å². The van der Waals surface area contributed by atoms with Crippen LogP contribution in [0.25, 0.3) is 0 Å². The minimum absolute atomic E-state index is 0.131. The van der Waals surface area contributed by atoms with Crippen molar-refractivity contribution >= 4 is 0 Å². The molecule has 0 bridgehead atoms. The zero-order valence-electron chi connectivity index (χ0n) is 12.3. The monoisotopic (exact) mass is 249 g/mol. The molecule has 18 heavy (non-hydrogen) atoms. The molecule has 0 amide bonds. The van der Waals surface area contributed by atoms with Crippen molar-refractivity contribution in [1.82, 2.24) is 15.1 Å². The SMILES string of the molecule is Cn1cc(CNCC2CCCC2)c(C(C)(C)C)n1. The van der Waals surface area contributed by atoms with Gasteiger partial charge in [-0.2, -0.15) is 5.10 Å². The van der Waals surface area contributed by atoms with Crippen LogP contribution in [0, 0.1) is 5.92 Å². The lowest BCUT2D eigenvalue weighted by molar-refractivity contribution is 0.484. The molecule has 1 fully saturated rings. The molecule has 0 saturated heterocycles. The Hall–Kier alpha value is -0.830. The second-order valence-electron chi connectivity index (χ2n) is 6.71. The van der Waals surface area contributed by atoms with Crippen LogP contribution in [0.3, 0.4) is 0 Å². The fourth-order valence-corrected chi connectivity index (χ4v) is 2.92. The molecular weight excluding hydrogens is 222 g/mol. The lowest BCUT2D eigenvalue weighted by Crippen LogP contribution is -2.23. The Morgan fingerprint density at radius 3 is 2.61 bits per heavy atom. The first-order chi connectivity index (χ1) is 8.47. The summed E-state index contributed by atoms with van der Waals surface area (Å²) in [4.78, 5) is 0. The normalized spacial score (nSPS) is 17.6. The Labute approximate surface area is 111 Å². The van der Waals surface area contributed by atoms with Gasteiger partial charge in [-0.05, 0) is 25.3 Å². The van der Waals surface area contributed by atoms with Gasteiger partial charge in [0.2, 0.25) is 0 Å². The van der Waals surface area contributed by atoms with Gasteiger partial charge in [-0.15, -0.1) is 0 Å². The smallest absolute Gasteiger partial charge is 0.0722 e. The fourth-order valence-electron chi connectivity index (χ4n) is 2.92. The highest BCUT2D eigenvalue weighted by atomic mass is 15.3. The Morgan fingerprint density at radius 2 is 2.00 bits per heavy atom. The second kappa shape index (κ2) is 5.43. The van der Waals surface area contributed by atoms with Crippen LogP contribution < -0.4 is 5.32 Å². The molecule has 3 nitrogen and oxygen atoms in total. The van der Waals surface area contributed by atoms with E-state index in [4.69, 9.17) is 0 Å². The van der Waals surface area contributed by atoms with E-state index in [2.05, 4.69) is 37.4 Å². The summed E-state index contributed by atoms with van der Waals surface area (Å²) in [5.41, 5.74) is 2.71. The number of hydrogen-bond donors (Lipinski definition) is 1. The zero-order valence-corrected chi connectivity index (χ0v) is 12.3. The van der Waals surface area contributed by atoms with Crippen molar-refractivity contribution in [3.63, 3.8) is 0 Å². The van der Waals surface area contributed by atoms with Gasteiger partial charge in [-0.1, -0.05) is 33.6 Å². The Balaban J connectivity index is 1.92. The molecule has 1 aromatic heterocycles. The quantitative estimate of drug-likeness (QED) is 0.889. The summed E-state index contributed by atoms with van der Waals surface area (Å²) in [6.45, 7) is 8.82. The molecule has 0 aliphatic heterocycles. The van der Waals surface area contributed by atoms with Gasteiger partial charge in [0.25, 0.3) is 0 Å². The maximum Gasteiger partial charge on any atom is 0.0722 e. The molecule has 102 valence electrons. The molecule has 1 N–H and O–H groups in total. The van der Waals surface area contributed by atoms with Gasteiger partial charge in [0.15, 0.2) is 0 Å². The van der Waals surface area contributed by atoms with Gasteiger partial charge in [-0.3, -0.25) is 4.68 Å². The van der Waals surface area contributed by atoms with E-state index in [9.17, 15) is 0 Å².